The minimum atomic E-state index is -1.58. The third kappa shape index (κ3) is 8.56. The second-order valence-electron chi connectivity index (χ2n) is 7.50. The number of rotatable bonds is 6. The Morgan fingerprint density at radius 2 is 1.21 bits per heavy atom. The highest BCUT2D eigenvalue weighted by Gasteiger charge is 2.39. The third-order valence-corrected chi connectivity index (χ3v) is 2.78. The van der Waals surface area contributed by atoms with Gasteiger partial charge in [-0.15, -0.1) is 0 Å². The van der Waals surface area contributed by atoms with Crippen molar-refractivity contribution in [3.05, 3.63) is 0 Å². The third-order valence-electron chi connectivity index (χ3n) is 2.78. The topological polar surface area (TPSA) is 140 Å². The van der Waals surface area contributed by atoms with Crippen molar-refractivity contribution in [1.29, 1.82) is 0 Å². The van der Waals surface area contributed by atoms with Crippen molar-refractivity contribution in [3.8, 4) is 0 Å². The molecule has 2 amide bonds. The number of nitrogens with two attached hydrogens (primary N) is 1. The normalized spacial score (nSPS) is 12.3. The lowest BCUT2D eigenvalue weighted by Gasteiger charge is -2.29. The SMILES string of the molecule is CC(C)(C)OC(=O)NCC(CN)(CNC(=O)OC(C)(C)C)C(=O)O. The van der Waals surface area contributed by atoms with E-state index in [1.807, 2.05) is 0 Å². The molecule has 9 nitrogen and oxygen atoms in total. The van der Waals surface area contributed by atoms with Crippen molar-refractivity contribution in [1.82, 2.24) is 10.6 Å². The number of hydrogen-bond donors (Lipinski definition) is 4. The van der Waals surface area contributed by atoms with Gasteiger partial charge in [-0.2, -0.15) is 0 Å². The van der Waals surface area contributed by atoms with Crippen molar-refractivity contribution in [3.63, 3.8) is 0 Å². The van der Waals surface area contributed by atoms with Crippen LogP contribution < -0.4 is 16.4 Å². The van der Waals surface area contributed by atoms with Crippen LogP contribution >= 0.6 is 0 Å². The zero-order valence-corrected chi connectivity index (χ0v) is 15.2. The number of aliphatic carboxylic acids is 1. The molecule has 0 unspecified atom stereocenters. The van der Waals surface area contributed by atoms with Crippen LogP contribution in [0, 0.1) is 5.41 Å². The first kappa shape index (κ1) is 22.0. The van der Waals surface area contributed by atoms with E-state index in [2.05, 4.69) is 10.6 Å². The van der Waals surface area contributed by atoms with Gasteiger partial charge in [-0.25, -0.2) is 9.59 Å². The van der Waals surface area contributed by atoms with E-state index in [1.54, 1.807) is 41.5 Å². The molecule has 0 atom stereocenters. The summed E-state index contributed by atoms with van der Waals surface area (Å²) in [6, 6.07) is 0. The quantitative estimate of drug-likeness (QED) is 0.563. The summed E-state index contributed by atoms with van der Waals surface area (Å²) in [5.74, 6) is -1.25. The summed E-state index contributed by atoms with van der Waals surface area (Å²) in [6.45, 7) is 9.21. The van der Waals surface area contributed by atoms with E-state index in [4.69, 9.17) is 15.2 Å². The number of carboxylic acid groups (broad SMARTS) is 1. The summed E-state index contributed by atoms with van der Waals surface area (Å²) >= 11 is 0. The number of nitrogens with one attached hydrogen (secondary N) is 2. The van der Waals surface area contributed by atoms with E-state index in [0.29, 0.717) is 0 Å². The van der Waals surface area contributed by atoms with Crippen molar-refractivity contribution in [2.24, 2.45) is 11.1 Å². The van der Waals surface area contributed by atoms with Crippen LogP contribution in [0.4, 0.5) is 9.59 Å². The first-order valence-electron chi connectivity index (χ1n) is 7.58. The maximum atomic E-state index is 11.7. The summed E-state index contributed by atoms with van der Waals surface area (Å²) in [6.07, 6.45) is -1.53. The Morgan fingerprint density at radius 1 is 0.875 bits per heavy atom. The molecule has 0 aliphatic carbocycles. The van der Waals surface area contributed by atoms with Crippen LogP contribution in [-0.2, 0) is 14.3 Å². The van der Waals surface area contributed by atoms with Gasteiger partial charge in [0, 0.05) is 19.6 Å². The maximum Gasteiger partial charge on any atom is 0.407 e. The Kier molecular flexibility index (Phi) is 7.49. The first-order chi connectivity index (χ1) is 10.7. The van der Waals surface area contributed by atoms with Gasteiger partial charge in [0.15, 0.2) is 0 Å². The van der Waals surface area contributed by atoms with Crippen LogP contribution in [0.25, 0.3) is 0 Å². The van der Waals surface area contributed by atoms with Crippen molar-refractivity contribution >= 4 is 18.2 Å². The summed E-state index contributed by atoms with van der Waals surface area (Å²) in [4.78, 5) is 35.0. The van der Waals surface area contributed by atoms with E-state index >= 15 is 0 Å². The molecule has 0 saturated heterocycles. The van der Waals surface area contributed by atoms with Crippen LogP contribution in [0.3, 0.4) is 0 Å². The average Bonchev–Trinajstić information content (AvgIpc) is 2.34. The molecule has 0 aliphatic heterocycles. The highest BCUT2D eigenvalue weighted by Crippen LogP contribution is 2.15. The van der Waals surface area contributed by atoms with E-state index in [9.17, 15) is 19.5 Å². The molecule has 140 valence electrons. The molecule has 24 heavy (non-hydrogen) atoms. The van der Waals surface area contributed by atoms with Gasteiger partial charge in [0.1, 0.15) is 16.6 Å². The smallest absolute Gasteiger partial charge is 0.407 e. The number of alkyl carbamates (subject to hydrolysis) is 2. The van der Waals surface area contributed by atoms with E-state index in [-0.39, 0.29) is 19.6 Å². The van der Waals surface area contributed by atoms with Gasteiger partial charge in [-0.1, -0.05) is 0 Å². The Bertz CT molecular complexity index is 433. The van der Waals surface area contributed by atoms with Gasteiger partial charge in [-0.05, 0) is 41.5 Å². The molecule has 0 spiro atoms. The Hall–Kier alpha value is -2.03. The van der Waals surface area contributed by atoms with E-state index in [0.717, 1.165) is 0 Å². The lowest BCUT2D eigenvalue weighted by atomic mass is 9.88. The Balaban J connectivity index is 4.82. The molecule has 0 aromatic carbocycles. The second-order valence-corrected chi connectivity index (χ2v) is 7.50. The first-order valence-corrected chi connectivity index (χ1v) is 7.58. The molecule has 5 N–H and O–H groups in total. The second kappa shape index (κ2) is 8.18. The highest BCUT2D eigenvalue weighted by atomic mass is 16.6. The highest BCUT2D eigenvalue weighted by molar-refractivity contribution is 5.78. The van der Waals surface area contributed by atoms with E-state index < -0.39 is 34.8 Å². The predicted octanol–water partition coefficient (Wildman–Crippen LogP) is 1.07. The van der Waals surface area contributed by atoms with Crippen LogP contribution in [-0.4, -0.2) is 54.1 Å². The molecular weight excluding hydrogens is 318 g/mol. The molecule has 0 radical (unpaired) electrons. The Labute approximate surface area is 142 Å². The molecule has 0 bridgehead atoms. The molecule has 0 aromatic heterocycles. The fourth-order valence-corrected chi connectivity index (χ4v) is 1.56. The van der Waals surface area contributed by atoms with Crippen molar-refractivity contribution in [2.45, 2.75) is 52.7 Å². The van der Waals surface area contributed by atoms with Gasteiger partial charge in [-0.3, -0.25) is 4.79 Å². The summed E-state index contributed by atoms with van der Waals surface area (Å²) in [5, 5.41) is 14.2. The molecule has 0 aliphatic rings. The zero-order valence-electron chi connectivity index (χ0n) is 15.2. The van der Waals surface area contributed by atoms with E-state index in [1.165, 1.54) is 0 Å². The standard InChI is InChI=1S/C15H29N3O6/c1-13(2,3)23-11(21)17-8-15(7-16,10(19)20)9-18-12(22)24-14(4,5)6/h7-9,16H2,1-6H3,(H,17,21)(H,18,22)(H,19,20). The fraction of sp³-hybridized carbons (Fsp3) is 0.800. The minimum absolute atomic E-state index is 0.298. The largest absolute Gasteiger partial charge is 0.481 e. The molecular formula is C15H29N3O6. The van der Waals surface area contributed by atoms with Crippen LogP contribution in [0.15, 0.2) is 0 Å². The maximum absolute atomic E-state index is 11.7. The van der Waals surface area contributed by atoms with Gasteiger partial charge in [0.2, 0.25) is 0 Å². The number of carboxylic acids is 1. The molecule has 0 saturated carbocycles. The number of hydrogen-bond acceptors (Lipinski definition) is 6. The summed E-state index contributed by atoms with van der Waals surface area (Å²) < 4.78 is 10.1. The monoisotopic (exact) mass is 347 g/mol. The zero-order chi connectivity index (χ0) is 19.2. The lowest BCUT2D eigenvalue weighted by molar-refractivity contribution is -0.147. The summed E-state index contributed by atoms with van der Waals surface area (Å²) in [5.41, 5.74) is 2.57. The number of carbonyl (C=O) groups excluding carboxylic acids is 2. The molecule has 0 aromatic rings. The Morgan fingerprint density at radius 3 is 1.42 bits per heavy atom. The fourth-order valence-electron chi connectivity index (χ4n) is 1.56. The van der Waals surface area contributed by atoms with Crippen LogP contribution in [0.1, 0.15) is 41.5 Å². The molecule has 0 heterocycles. The van der Waals surface area contributed by atoms with Gasteiger partial charge < -0.3 is 30.9 Å². The molecule has 9 heteroatoms. The van der Waals surface area contributed by atoms with Gasteiger partial charge in [0.25, 0.3) is 0 Å². The summed E-state index contributed by atoms with van der Waals surface area (Å²) in [7, 11) is 0. The van der Waals surface area contributed by atoms with Crippen molar-refractivity contribution in [2.75, 3.05) is 19.6 Å². The van der Waals surface area contributed by atoms with Gasteiger partial charge in [0.05, 0.1) is 0 Å². The lowest BCUT2D eigenvalue weighted by Crippen LogP contribution is -2.55. The molecule has 0 fully saturated rings. The number of carbonyl (C=O) groups is 3. The van der Waals surface area contributed by atoms with Crippen LogP contribution in [0.5, 0.6) is 0 Å². The average molecular weight is 347 g/mol. The van der Waals surface area contributed by atoms with Gasteiger partial charge >= 0.3 is 18.2 Å². The predicted molar refractivity (Wildman–Crippen MR) is 87.6 cm³/mol. The number of ether oxygens (including phenoxy) is 2. The van der Waals surface area contributed by atoms with Crippen molar-refractivity contribution < 1.29 is 29.0 Å². The van der Waals surface area contributed by atoms with Crippen LogP contribution in [0.2, 0.25) is 0 Å². The molecule has 0 rings (SSSR count). The number of amides is 2. The minimum Gasteiger partial charge on any atom is -0.481 e.